The SMILES string of the molecule is O=C(NCC1CCOCC1)c1cc(S(=O)(=O)Cl)cn1Cc1ccccc1. The summed E-state index contributed by atoms with van der Waals surface area (Å²) in [7, 11) is 1.55. The minimum absolute atomic E-state index is 0.0775. The lowest BCUT2D eigenvalue weighted by atomic mass is 10.0. The fraction of sp³-hybridized carbons (Fsp3) is 0.389. The van der Waals surface area contributed by atoms with Crippen molar-refractivity contribution in [3.63, 3.8) is 0 Å². The fourth-order valence-electron chi connectivity index (χ4n) is 3.00. The van der Waals surface area contributed by atoms with Crippen LogP contribution in [-0.4, -0.2) is 38.7 Å². The summed E-state index contributed by atoms with van der Waals surface area (Å²) in [6.07, 6.45) is 3.22. The van der Waals surface area contributed by atoms with Gasteiger partial charge in [0.25, 0.3) is 15.0 Å². The zero-order valence-electron chi connectivity index (χ0n) is 14.2. The van der Waals surface area contributed by atoms with E-state index in [1.807, 2.05) is 30.3 Å². The van der Waals surface area contributed by atoms with Gasteiger partial charge in [0.05, 0.1) is 0 Å². The smallest absolute Gasteiger partial charge is 0.267 e. The normalized spacial score (nSPS) is 15.7. The Morgan fingerprint density at radius 1 is 1.23 bits per heavy atom. The van der Waals surface area contributed by atoms with Crippen molar-refractivity contribution in [1.29, 1.82) is 0 Å². The predicted molar refractivity (Wildman–Crippen MR) is 98.9 cm³/mol. The van der Waals surface area contributed by atoms with Crippen LogP contribution in [0.2, 0.25) is 0 Å². The molecule has 0 radical (unpaired) electrons. The van der Waals surface area contributed by atoms with Crippen LogP contribution in [-0.2, 0) is 20.3 Å². The number of carbonyl (C=O) groups excluding carboxylic acids is 1. The van der Waals surface area contributed by atoms with Crippen molar-refractivity contribution in [2.75, 3.05) is 19.8 Å². The number of nitrogens with zero attached hydrogens (tertiary/aromatic N) is 1. The number of halogens is 1. The number of amides is 1. The quantitative estimate of drug-likeness (QED) is 0.761. The van der Waals surface area contributed by atoms with Crippen molar-refractivity contribution in [2.24, 2.45) is 5.92 Å². The van der Waals surface area contributed by atoms with Crippen molar-refractivity contribution in [2.45, 2.75) is 24.3 Å². The molecule has 0 unspecified atom stereocenters. The van der Waals surface area contributed by atoms with Crippen molar-refractivity contribution in [3.05, 3.63) is 53.9 Å². The molecule has 0 atom stereocenters. The van der Waals surface area contributed by atoms with Crippen LogP contribution < -0.4 is 5.32 Å². The Labute approximate surface area is 157 Å². The second-order valence-electron chi connectivity index (χ2n) is 6.38. The molecule has 2 aromatic rings. The first-order valence-corrected chi connectivity index (χ1v) is 10.8. The van der Waals surface area contributed by atoms with Crippen molar-refractivity contribution >= 4 is 25.6 Å². The summed E-state index contributed by atoms with van der Waals surface area (Å²) in [4.78, 5) is 12.6. The molecule has 140 valence electrons. The van der Waals surface area contributed by atoms with Crippen LogP contribution in [0.25, 0.3) is 0 Å². The van der Waals surface area contributed by atoms with Crippen LogP contribution in [0.15, 0.2) is 47.5 Å². The van der Waals surface area contributed by atoms with Gasteiger partial charge in [-0.25, -0.2) is 8.42 Å². The second kappa shape index (κ2) is 8.24. The first-order valence-electron chi connectivity index (χ1n) is 8.48. The van der Waals surface area contributed by atoms with Crippen LogP contribution in [0.4, 0.5) is 0 Å². The van der Waals surface area contributed by atoms with Gasteiger partial charge >= 0.3 is 0 Å². The van der Waals surface area contributed by atoms with Crippen LogP contribution in [0.5, 0.6) is 0 Å². The minimum Gasteiger partial charge on any atom is -0.381 e. The maximum absolute atomic E-state index is 12.6. The molecule has 26 heavy (non-hydrogen) atoms. The summed E-state index contributed by atoms with van der Waals surface area (Å²) in [5.74, 6) is 0.0699. The van der Waals surface area contributed by atoms with Gasteiger partial charge in [0, 0.05) is 43.2 Å². The van der Waals surface area contributed by atoms with Crippen molar-refractivity contribution in [1.82, 2.24) is 9.88 Å². The first-order chi connectivity index (χ1) is 12.4. The highest BCUT2D eigenvalue weighted by Crippen LogP contribution is 2.20. The van der Waals surface area contributed by atoms with E-state index in [1.54, 1.807) is 4.57 Å². The van der Waals surface area contributed by atoms with Gasteiger partial charge < -0.3 is 14.6 Å². The first kappa shape index (κ1) is 18.9. The number of rotatable bonds is 6. The lowest BCUT2D eigenvalue weighted by Crippen LogP contribution is -2.33. The molecule has 0 spiro atoms. The Kier molecular flexibility index (Phi) is 6.01. The van der Waals surface area contributed by atoms with E-state index in [4.69, 9.17) is 15.4 Å². The van der Waals surface area contributed by atoms with Gasteiger partial charge in [0.2, 0.25) is 0 Å². The largest absolute Gasteiger partial charge is 0.381 e. The van der Waals surface area contributed by atoms with E-state index in [1.165, 1.54) is 12.3 Å². The van der Waals surface area contributed by atoms with Gasteiger partial charge in [0.15, 0.2) is 0 Å². The van der Waals surface area contributed by atoms with E-state index in [9.17, 15) is 13.2 Å². The molecule has 1 fully saturated rings. The van der Waals surface area contributed by atoms with Crippen LogP contribution in [0.3, 0.4) is 0 Å². The molecule has 1 saturated heterocycles. The molecule has 1 aliphatic rings. The van der Waals surface area contributed by atoms with E-state index < -0.39 is 9.05 Å². The Balaban J connectivity index is 1.79. The molecular weight excluding hydrogens is 376 g/mol. The predicted octanol–water partition coefficient (Wildman–Crippen LogP) is 2.62. The number of ether oxygens (including phenoxy) is 1. The fourth-order valence-corrected chi connectivity index (χ4v) is 3.76. The summed E-state index contributed by atoms with van der Waals surface area (Å²) in [6, 6.07) is 10.8. The lowest BCUT2D eigenvalue weighted by molar-refractivity contribution is 0.0641. The molecule has 6 nitrogen and oxygen atoms in total. The molecule has 8 heteroatoms. The standard InChI is InChI=1S/C18H21ClN2O4S/c19-26(23,24)16-10-17(18(22)20-11-14-6-8-25-9-7-14)21(13-16)12-15-4-2-1-3-5-15/h1-5,10,13-14H,6-9,11-12H2,(H,20,22). The number of aromatic nitrogens is 1. The molecule has 1 aliphatic heterocycles. The summed E-state index contributed by atoms with van der Waals surface area (Å²) in [5.41, 5.74) is 1.24. The molecule has 3 rings (SSSR count). The third-order valence-electron chi connectivity index (χ3n) is 4.47. The average Bonchev–Trinajstić information content (AvgIpc) is 3.06. The molecule has 1 amide bonds. The number of carbonyl (C=O) groups is 1. The Morgan fingerprint density at radius 3 is 2.58 bits per heavy atom. The van der Waals surface area contributed by atoms with Gasteiger partial charge in [0.1, 0.15) is 10.6 Å². The van der Waals surface area contributed by atoms with Crippen LogP contribution in [0, 0.1) is 5.92 Å². The molecule has 0 saturated carbocycles. The number of hydrogen-bond acceptors (Lipinski definition) is 4. The third-order valence-corrected chi connectivity index (χ3v) is 5.79. The minimum atomic E-state index is -3.91. The lowest BCUT2D eigenvalue weighted by Gasteiger charge is -2.22. The average molecular weight is 397 g/mol. The zero-order chi connectivity index (χ0) is 18.6. The molecule has 0 bridgehead atoms. The Bertz CT molecular complexity index is 859. The highest BCUT2D eigenvalue weighted by Gasteiger charge is 2.21. The number of hydrogen-bond donors (Lipinski definition) is 1. The Hall–Kier alpha value is -1.83. The highest BCUT2D eigenvalue weighted by molar-refractivity contribution is 8.13. The maximum atomic E-state index is 12.6. The summed E-state index contributed by atoms with van der Waals surface area (Å²) in [5, 5.41) is 2.91. The number of nitrogens with one attached hydrogen (secondary N) is 1. The van der Waals surface area contributed by atoms with Crippen molar-refractivity contribution < 1.29 is 17.9 Å². The summed E-state index contributed by atoms with van der Waals surface area (Å²) >= 11 is 0. The van der Waals surface area contributed by atoms with Gasteiger partial charge in [-0.3, -0.25) is 4.79 Å². The molecule has 1 N–H and O–H groups in total. The van der Waals surface area contributed by atoms with Crippen LogP contribution >= 0.6 is 10.7 Å². The van der Waals surface area contributed by atoms with E-state index in [0.717, 1.165) is 18.4 Å². The monoisotopic (exact) mass is 396 g/mol. The number of benzene rings is 1. The van der Waals surface area contributed by atoms with Gasteiger partial charge in [-0.05, 0) is 30.4 Å². The second-order valence-corrected chi connectivity index (χ2v) is 8.94. The van der Waals surface area contributed by atoms with E-state index in [0.29, 0.717) is 32.2 Å². The molecule has 0 aliphatic carbocycles. The zero-order valence-corrected chi connectivity index (χ0v) is 15.8. The van der Waals surface area contributed by atoms with Crippen molar-refractivity contribution in [3.8, 4) is 0 Å². The van der Waals surface area contributed by atoms with Gasteiger partial charge in [-0.1, -0.05) is 30.3 Å². The van der Waals surface area contributed by atoms with E-state index in [-0.39, 0.29) is 16.5 Å². The van der Waals surface area contributed by atoms with E-state index in [2.05, 4.69) is 5.32 Å². The topological polar surface area (TPSA) is 77.4 Å². The van der Waals surface area contributed by atoms with Crippen LogP contribution in [0.1, 0.15) is 28.9 Å². The maximum Gasteiger partial charge on any atom is 0.267 e. The highest BCUT2D eigenvalue weighted by atomic mass is 35.7. The van der Waals surface area contributed by atoms with Gasteiger partial charge in [-0.2, -0.15) is 0 Å². The Morgan fingerprint density at radius 2 is 1.92 bits per heavy atom. The van der Waals surface area contributed by atoms with Gasteiger partial charge in [-0.15, -0.1) is 0 Å². The summed E-state index contributed by atoms with van der Waals surface area (Å²) < 4.78 is 30.3. The molecule has 1 aromatic heterocycles. The van der Waals surface area contributed by atoms with E-state index >= 15 is 0 Å². The molecule has 1 aromatic carbocycles. The third kappa shape index (κ3) is 4.87. The summed E-state index contributed by atoms with van der Waals surface area (Å²) in [6.45, 7) is 2.34. The molecular formula is C18H21ClN2O4S. The molecule has 2 heterocycles.